The molecule has 2 rings (SSSR count). The Labute approximate surface area is 137 Å². The van der Waals surface area contributed by atoms with Crippen molar-refractivity contribution >= 4 is 11.9 Å². The summed E-state index contributed by atoms with van der Waals surface area (Å²) in [6.07, 6.45) is 3.71. The summed E-state index contributed by atoms with van der Waals surface area (Å²) >= 11 is 0. The number of ether oxygens (including phenoxy) is 3. The molecule has 2 aliphatic rings. The van der Waals surface area contributed by atoms with Gasteiger partial charge < -0.3 is 14.2 Å². The molecule has 0 amide bonds. The average molecular weight is 322 g/mol. The smallest absolute Gasteiger partial charge is 0.337 e. The van der Waals surface area contributed by atoms with E-state index >= 15 is 0 Å². The second-order valence-corrected chi connectivity index (χ2v) is 6.91. The van der Waals surface area contributed by atoms with Crippen LogP contribution in [0, 0.1) is 11.8 Å². The Bertz CT molecular complexity index is 544. The van der Waals surface area contributed by atoms with E-state index in [1.807, 2.05) is 46.8 Å². The third-order valence-corrected chi connectivity index (χ3v) is 3.90. The summed E-state index contributed by atoms with van der Waals surface area (Å²) in [6, 6.07) is 0. The van der Waals surface area contributed by atoms with Gasteiger partial charge in [0, 0.05) is 0 Å². The highest BCUT2D eigenvalue weighted by molar-refractivity contribution is 6.05. The minimum Gasteiger partial charge on any atom is -0.462 e. The number of carbonyl (C=O) groups is 2. The Hall–Kier alpha value is -1.62. The molecule has 0 aromatic rings. The van der Waals surface area contributed by atoms with Crippen molar-refractivity contribution in [1.29, 1.82) is 0 Å². The molecule has 2 aliphatic heterocycles. The third kappa shape index (κ3) is 3.50. The van der Waals surface area contributed by atoms with Crippen molar-refractivity contribution in [3.63, 3.8) is 0 Å². The lowest BCUT2D eigenvalue weighted by molar-refractivity contribution is -0.143. The van der Waals surface area contributed by atoms with E-state index in [1.54, 1.807) is 0 Å². The van der Waals surface area contributed by atoms with Crippen molar-refractivity contribution in [3.05, 3.63) is 23.3 Å². The summed E-state index contributed by atoms with van der Waals surface area (Å²) in [7, 11) is 0. The van der Waals surface area contributed by atoms with Gasteiger partial charge in [-0.25, -0.2) is 9.59 Å². The molecule has 0 aromatic heterocycles. The quantitative estimate of drug-likeness (QED) is 0.533. The van der Waals surface area contributed by atoms with Gasteiger partial charge in [0.15, 0.2) is 0 Å². The van der Waals surface area contributed by atoms with Gasteiger partial charge in [-0.15, -0.1) is 0 Å². The molecule has 0 saturated heterocycles. The number of rotatable bonds is 7. The zero-order valence-corrected chi connectivity index (χ0v) is 14.5. The number of esters is 2. The minimum atomic E-state index is -0.856. The van der Waals surface area contributed by atoms with E-state index < -0.39 is 23.6 Å². The van der Waals surface area contributed by atoms with Crippen LogP contribution in [0.25, 0.3) is 0 Å². The van der Waals surface area contributed by atoms with E-state index in [1.165, 1.54) is 0 Å². The van der Waals surface area contributed by atoms with Gasteiger partial charge in [0.05, 0.1) is 24.4 Å². The molecular formula is C18H26O5. The van der Waals surface area contributed by atoms with Crippen molar-refractivity contribution in [2.24, 2.45) is 11.8 Å². The lowest BCUT2D eigenvalue weighted by atomic mass is 9.85. The zero-order valence-electron chi connectivity index (χ0n) is 14.5. The van der Waals surface area contributed by atoms with Crippen LogP contribution in [0.5, 0.6) is 0 Å². The molecule has 0 spiro atoms. The molecule has 0 N–H and O–H groups in total. The molecule has 0 fully saturated rings. The second kappa shape index (κ2) is 6.87. The van der Waals surface area contributed by atoms with Crippen molar-refractivity contribution in [2.45, 2.75) is 52.7 Å². The van der Waals surface area contributed by atoms with Crippen LogP contribution < -0.4 is 0 Å². The Morgan fingerprint density at radius 3 is 2.22 bits per heavy atom. The minimum absolute atomic E-state index is 0.225. The first-order chi connectivity index (χ1) is 10.8. The summed E-state index contributed by atoms with van der Waals surface area (Å²) in [4.78, 5) is 25.0. The predicted octanol–water partition coefficient (Wildman–Crippen LogP) is 2.80. The van der Waals surface area contributed by atoms with Crippen molar-refractivity contribution in [1.82, 2.24) is 0 Å². The summed E-state index contributed by atoms with van der Waals surface area (Å²) in [5.74, 6) is -0.515. The van der Waals surface area contributed by atoms with E-state index in [9.17, 15) is 9.59 Å². The van der Waals surface area contributed by atoms with Gasteiger partial charge in [0.1, 0.15) is 11.7 Å². The van der Waals surface area contributed by atoms with Crippen LogP contribution in [-0.4, -0.2) is 36.9 Å². The first-order valence-electron chi connectivity index (χ1n) is 8.26. The maximum absolute atomic E-state index is 12.6. The Balaban J connectivity index is 2.28. The molecule has 2 bridgehead atoms. The topological polar surface area (TPSA) is 61.8 Å². The van der Waals surface area contributed by atoms with Gasteiger partial charge in [0.25, 0.3) is 0 Å². The second-order valence-electron chi connectivity index (χ2n) is 6.91. The van der Waals surface area contributed by atoms with Crippen molar-refractivity contribution in [2.75, 3.05) is 13.2 Å². The van der Waals surface area contributed by atoms with E-state index in [2.05, 4.69) is 0 Å². The molecule has 2 unspecified atom stereocenters. The van der Waals surface area contributed by atoms with E-state index in [0.29, 0.717) is 30.8 Å². The fourth-order valence-corrected chi connectivity index (χ4v) is 2.73. The van der Waals surface area contributed by atoms with Crippen LogP contribution in [0.3, 0.4) is 0 Å². The van der Waals surface area contributed by atoms with Crippen molar-refractivity contribution in [3.8, 4) is 0 Å². The summed E-state index contributed by atoms with van der Waals surface area (Å²) in [5, 5.41) is 0. The number of hydrogen-bond acceptors (Lipinski definition) is 5. The summed E-state index contributed by atoms with van der Waals surface area (Å²) in [6.45, 7) is 10.4. The molecule has 0 radical (unpaired) electrons. The average Bonchev–Trinajstić information content (AvgIpc) is 3.06. The summed E-state index contributed by atoms with van der Waals surface area (Å²) in [5.41, 5.74) is -0.254. The van der Waals surface area contributed by atoms with Crippen LogP contribution in [0.1, 0.15) is 41.0 Å². The highest BCUT2D eigenvalue weighted by atomic mass is 16.6. The SMILES string of the molecule is CCC12C=CC(O1)C(C(=O)OCC(C)C)=C2C(=O)OCC(C)C. The lowest BCUT2D eigenvalue weighted by Crippen LogP contribution is -2.32. The Morgan fingerprint density at radius 2 is 1.70 bits per heavy atom. The Kier molecular flexibility index (Phi) is 5.30. The zero-order chi connectivity index (χ0) is 17.2. The van der Waals surface area contributed by atoms with Crippen LogP contribution >= 0.6 is 0 Å². The van der Waals surface area contributed by atoms with Gasteiger partial charge in [-0.2, -0.15) is 0 Å². The highest BCUT2D eigenvalue weighted by Crippen LogP contribution is 2.46. The van der Waals surface area contributed by atoms with Crippen LogP contribution in [0.2, 0.25) is 0 Å². The molecule has 2 atom stereocenters. The van der Waals surface area contributed by atoms with Crippen LogP contribution in [0.4, 0.5) is 0 Å². The number of carbonyl (C=O) groups excluding carboxylic acids is 2. The predicted molar refractivity (Wildman–Crippen MR) is 85.7 cm³/mol. The molecular weight excluding hydrogens is 296 g/mol. The van der Waals surface area contributed by atoms with Crippen molar-refractivity contribution < 1.29 is 23.8 Å². The number of hydrogen-bond donors (Lipinski definition) is 0. The highest BCUT2D eigenvalue weighted by Gasteiger charge is 2.53. The van der Waals surface area contributed by atoms with Gasteiger partial charge in [0.2, 0.25) is 0 Å². The molecule has 5 heteroatoms. The van der Waals surface area contributed by atoms with E-state index in [-0.39, 0.29) is 11.8 Å². The third-order valence-electron chi connectivity index (χ3n) is 3.90. The fourth-order valence-electron chi connectivity index (χ4n) is 2.73. The largest absolute Gasteiger partial charge is 0.462 e. The fraction of sp³-hybridized carbons (Fsp3) is 0.667. The molecule has 5 nitrogen and oxygen atoms in total. The van der Waals surface area contributed by atoms with Gasteiger partial charge in [-0.1, -0.05) is 40.7 Å². The first kappa shape index (κ1) is 17.7. The molecule has 128 valence electrons. The van der Waals surface area contributed by atoms with Crippen LogP contribution in [0.15, 0.2) is 23.3 Å². The van der Waals surface area contributed by atoms with Crippen LogP contribution in [-0.2, 0) is 23.8 Å². The monoisotopic (exact) mass is 322 g/mol. The van der Waals surface area contributed by atoms with E-state index in [4.69, 9.17) is 14.2 Å². The molecule has 0 saturated carbocycles. The standard InChI is InChI=1S/C18H26O5/c1-6-18-8-7-13(23-18)14(16(19)21-9-11(2)3)15(18)17(20)22-10-12(4)5/h7-8,11-13H,6,9-10H2,1-5H3. The lowest BCUT2D eigenvalue weighted by Gasteiger charge is -2.24. The molecule has 0 aliphatic carbocycles. The normalized spacial score (nSPS) is 25.6. The first-order valence-corrected chi connectivity index (χ1v) is 8.26. The van der Waals surface area contributed by atoms with Gasteiger partial charge in [-0.05, 0) is 24.3 Å². The summed E-state index contributed by atoms with van der Waals surface area (Å²) < 4.78 is 16.6. The molecule has 2 heterocycles. The van der Waals surface area contributed by atoms with E-state index in [0.717, 1.165) is 0 Å². The van der Waals surface area contributed by atoms with Gasteiger partial charge in [-0.3, -0.25) is 0 Å². The maximum atomic E-state index is 12.6. The van der Waals surface area contributed by atoms with Gasteiger partial charge >= 0.3 is 11.9 Å². The molecule has 23 heavy (non-hydrogen) atoms. The Morgan fingerprint density at radius 1 is 1.13 bits per heavy atom. The molecule has 0 aromatic carbocycles. The maximum Gasteiger partial charge on any atom is 0.337 e. The number of fused-ring (bicyclic) bond motifs is 2.